The van der Waals surface area contributed by atoms with Gasteiger partial charge in [0.2, 0.25) is 5.95 Å². The van der Waals surface area contributed by atoms with Crippen molar-refractivity contribution in [3.05, 3.63) is 91.6 Å². The number of aromatic nitrogens is 4. The molecule has 2 atom stereocenters. The van der Waals surface area contributed by atoms with Crippen molar-refractivity contribution in [3.8, 4) is 0 Å². The standard InChI is InChI=1S/C26H24F4N6O2.C2HF3O2/c1-33-23-22(24(37)36(26(33)38)13-16-9-18(28)3-5-20(16)30)35(12-15-8-17(27)2-4-19(15)29)25(32-23)34-7-6-14-10-31-11-21(14)34;3-2(4,5)1(6)7/h2-5,8-9,14,21,31H,6-7,10-13H2,1H3;(H,6,7). The maximum Gasteiger partial charge on any atom is 0.490 e. The lowest BCUT2D eigenvalue weighted by Crippen LogP contribution is -2.40. The summed E-state index contributed by atoms with van der Waals surface area (Å²) in [7, 11) is 1.43. The Hall–Kier alpha value is -4.67. The van der Waals surface area contributed by atoms with E-state index in [9.17, 15) is 40.3 Å². The summed E-state index contributed by atoms with van der Waals surface area (Å²) in [6, 6.07) is 5.95. The molecule has 45 heavy (non-hydrogen) atoms. The number of rotatable bonds is 5. The number of nitrogens with zero attached hydrogens (tertiary/aromatic N) is 5. The molecule has 2 aromatic heterocycles. The molecule has 0 spiro atoms. The number of carboxylic acids is 1. The van der Waals surface area contributed by atoms with Crippen LogP contribution < -0.4 is 21.5 Å². The van der Waals surface area contributed by atoms with Crippen molar-refractivity contribution in [1.29, 1.82) is 0 Å². The highest BCUT2D eigenvalue weighted by Crippen LogP contribution is 2.33. The second kappa shape index (κ2) is 12.0. The summed E-state index contributed by atoms with van der Waals surface area (Å²) in [6.07, 6.45) is -4.20. The van der Waals surface area contributed by atoms with Gasteiger partial charge in [0, 0.05) is 43.9 Å². The highest BCUT2D eigenvalue weighted by Gasteiger charge is 2.40. The Morgan fingerprint density at radius 3 is 2.07 bits per heavy atom. The number of halogens is 7. The molecule has 0 bridgehead atoms. The van der Waals surface area contributed by atoms with Crippen molar-refractivity contribution in [2.75, 3.05) is 24.5 Å². The van der Waals surface area contributed by atoms with E-state index in [0.29, 0.717) is 25.0 Å². The van der Waals surface area contributed by atoms with Gasteiger partial charge in [-0.25, -0.2) is 27.2 Å². The smallest absolute Gasteiger partial charge is 0.475 e. The Morgan fingerprint density at radius 1 is 0.956 bits per heavy atom. The molecule has 2 aliphatic rings. The summed E-state index contributed by atoms with van der Waals surface area (Å²) in [6.45, 7) is 1.44. The molecule has 2 N–H and O–H groups in total. The fraction of sp³-hybridized carbons (Fsp3) is 0.357. The number of hydrogen-bond donors (Lipinski definition) is 2. The quantitative estimate of drug-likeness (QED) is 0.322. The molecule has 10 nitrogen and oxygen atoms in total. The van der Waals surface area contributed by atoms with E-state index in [-0.39, 0.29) is 34.9 Å². The Balaban J connectivity index is 0.000000515. The minimum Gasteiger partial charge on any atom is -0.475 e. The third-order valence-corrected chi connectivity index (χ3v) is 7.83. The molecule has 4 heterocycles. The average Bonchev–Trinajstić information content (AvgIpc) is 3.69. The van der Waals surface area contributed by atoms with Crippen molar-refractivity contribution in [3.63, 3.8) is 0 Å². The molecule has 2 aromatic carbocycles. The number of aryl methyl sites for hydroxylation is 1. The van der Waals surface area contributed by atoms with Crippen molar-refractivity contribution in [2.45, 2.75) is 31.7 Å². The van der Waals surface area contributed by atoms with Gasteiger partial charge in [-0.15, -0.1) is 0 Å². The van der Waals surface area contributed by atoms with E-state index in [1.807, 2.05) is 4.90 Å². The Morgan fingerprint density at radius 2 is 1.51 bits per heavy atom. The first kappa shape index (κ1) is 31.7. The van der Waals surface area contributed by atoms with E-state index in [1.165, 1.54) is 11.6 Å². The molecule has 0 saturated carbocycles. The molecule has 2 aliphatic heterocycles. The Bertz CT molecular complexity index is 1900. The lowest BCUT2D eigenvalue weighted by Gasteiger charge is -2.25. The fourth-order valence-corrected chi connectivity index (χ4v) is 5.64. The molecule has 6 rings (SSSR count). The molecule has 17 heteroatoms. The van der Waals surface area contributed by atoms with Crippen LogP contribution in [0.5, 0.6) is 0 Å². The second-order valence-electron chi connectivity index (χ2n) is 10.6. The number of alkyl halides is 3. The SMILES string of the molecule is Cn1c(=O)n(Cc2cc(F)ccc2F)c(=O)c2c1nc(N1CCC3CNCC31)n2Cc1cc(F)ccc1F.O=C(O)C(F)(F)F. The first-order valence-corrected chi connectivity index (χ1v) is 13.5. The fourth-order valence-electron chi connectivity index (χ4n) is 5.64. The highest BCUT2D eigenvalue weighted by molar-refractivity contribution is 5.75. The van der Waals surface area contributed by atoms with E-state index in [4.69, 9.17) is 9.90 Å². The number of benzene rings is 2. The van der Waals surface area contributed by atoms with Gasteiger partial charge in [0.05, 0.1) is 13.1 Å². The van der Waals surface area contributed by atoms with Crippen LogP contribution in [0.15, 0.2) is 46.0 Å². The molecule has 2 unspecified atom stereocenters. The summed E-state index contributed by atoms with van der Waals surface area (Å²) < 4.78 is 92.2. The maximum atomic E-state index is 14.7. The lowest BCUT2D eigenvalue weighted by atomic mass is 10.1. The molecule has 2 fully saturated rings. The van der Waals surface area contributed by atoms with Crippen LogP contribution in [0.4, 0.5) is 36.7 Å². The number of fused-ring (bicyclic) bond motifs is 2. The van der Waals surface area contributed by atoms with Gasteiger partial charge in [-0.2, -0.15) is 18.2 Å². The number of carbonyl (C=O) groups is 1. The number of imidazole rings is 1. The van der Waals surface area contributed by atoms with Gasteiger partial charge in [-0.1, -0.05) is 0 Å². The topological polar surface area (TPSA) is 114 Å². The van der Waals surface area contributed by atoms with E-state index in [2.05, 4.69) is 10.3 Å². The number of hydrogen-bond acceptors (Lipinski definition) is 6. The summed E-state index contributed by atoms with van der Waals surface area (Å²) >= 11 is 0. The second-order valence-corrected chi connectivity index (χ2v) is 10.6. The van der Waals surface area contributed by atoms with Crippen LogP contribution in [-0.2, 0) is 24.9 Å². The van der Waals surface area contributed by atoms with Gasteiger partial charge in [-0.05, 0) is 48.7 Å². The van der Waals surface area contributed by atoms with E-state index < -0.39 is 53.2 Å². The Kier molecular flexibility index (Phi) is 8.48. The number of nitrogens with one attached hydrogen (secondary N) is 1. The molecule has 4 aromatic rings. The molecule has 2 saturated heterocycles. The predicted molar refractivity (Wildman–Crippen MR) is 146 cm³/mol. The molecular weight excluding hydrogens is 617 g/mol. The first-order chi connectivity index (χ1) is 21.2. The molecule has 0 radical (unpaired) electrons. The number of aliphatic carboxylic acids is 1. The van der Waals surface area contributed by atoms with Crippen LogP contribution in [0.25, 0.3) is 11.2 Å². The van der Waals surface area contributed by atoms with Crippen LogP contribution in [-0.4, -0.2) is 61.6 Å². The van der Waals surface area contributed by atoms with Crippen LogP contribution in [0.2, 0.25) is 0 Å². The van der Waals surface area contributed by atoms with Crippen molar-refractivity contribution in [2.24, 2.45) is 13.0 Å². The lowest BCUT2D eigenvalue weighted by molar-refractivity contribution is -0.192. The van der Waals surface area contributed by atoms with E-state index in [0.717, 1.165) is 58.5 Å². The molecular formula is C28H25F7N6O4. The van der Waals surface area contributed by atoms with Crippen molar-refractivity contribution in [1.82, 2.24) is 24.0 Å². The molecule has 240 valence electrons. The van der Waals surface area contributed by atoms with E-state index in [1.54, 1.807) is 0 Å². The molecule has 0 aliphatic carbocycles. The Labute approximate surface area is 248 Å². The van der Waals surface area contributed by atoms with E-state index >= 15 is 0 Å². The van der Waals surface area contributed by atoms with Crippen molar-refractivity contribution < 1.29 is 40.6 Å². The molecule has 0 amide bonds. The monoisotopic (exact) mass is 642 g/mol. The maximum absolute atomic E-state index is 14.7. The van der Waals surface area contributed by atoms with Crippen LogP contribution in [0.1, 0.15) is 17.5 Å². The predicted octanol–water partition coefficient (Wildman–Crippen LogP) is 2.98. The number of carboxylic acid groups (broad SMARTS) is 1. The first-order valence-electron chi connectivity index (χ1n) is 13.5. The highest BCUT2D eigenvalue weighted by atomic mass is 19.4. The zero-order valence-electron chi connectivity index (χ0n) is 23.4. The van der Waals surface area contributed by atoms with Gasteiger partial charge in [0.15, 0.2) is 11.2 Å². The van der Waals surface area contributed by atoms with Gasteiger partial charge in [0.25, 0.3) is 5.56 Å². The number of anilines is 1. The third-order valence-electron chi connectivity index (χ3n) is 7.83. The van der Waals surface area contributed by atoms with Crippen molar-refractivity contribution >= 4 is 23.1 Å². The van der Waals surface area contributed by atoms with Gasteiger partial charge in [0.1, 0.15) is 23.3 Å². The summed E-state index contributed by atoms with van der Waals surface area (Å²) in [5.41, 5.74) is -1.68. The van der Waals surface area contributed by atoms with Crippen LogP contribution in [0.3, 0.4) is 0 Å². The van der Waals surface area contributed by atoms with Crippen LogP contribution >= 0.6 is 0 Å². The van der Waals surface area contributed by atoms with Crippen LogP contribution in [0, 0.1) is 29.2 Å². The average molecular weight is 643 g/mol. The summed E-state index contributed by atoms with van der Waals surface area (Å²) in [5.74, 6) is -4.81. The van der Waals surface area contributed by atoms with Gasteiger partial charge in [-0.3, -0.25) is 18.5 Å². The van der Waals surface area contributed by atoms with Gasteiger partial charge < -0.3 is 15.3 Å². The normalized spacial score (nSPS) is 17.8. The largest absolute Gasteiger partial charge is 0.490 e. The summed E-state index contributed by atoms with van der Waals surface area (Å²) in [4.78, 5) is 42.6. The summed E-state index contributed by atoms with van der Waals surface area (Å²) in [5, 5.41) is 10.5. The zero-order chi connectivity index (χ0) is 32.8. The minimum absolute atomic E-state index is 0.00169. The van der Waals surface area contributed by atoms with Gasteiger partial charge >= 0.3 is 17.8 Å². The third kappa shape index (κ3) is 6.16. The zero-order valence-corrected chi connectivity index (χ0v) is 23.4. The minimum atomic E-state index is -5.08.